The maximum atomic E-state index is 13.9. The van der Waals surface area contributed by atoms with Gasteiger partial charge in [-0.15, -0.1) is 10.2 Å². The Labute approximate surface area is 243 Å². The average Bonchev–Trinajstić information content (AvgIpc) is 3.66. The van der Waals surface area contributed by atoms with E-state index in [9.17, 15) is 14.7 Å². The maximum Gasteiger partial charge on any atom is 0.247 e. The molecule has 2 N–H and O–H groups in total. The van der Waals surface area contributed by atoms with Crippen molar-refractivity contribution in [2.75, 3.05) is 39.4 Å². The second kappa shape index (κ2) is 13.9. The minimum absolute atomic E-state index is 0.0693. The Morgan fingerprint density at radius 1 is 1.05 bits per heavy atom. The number of hydrogen-bond acceptors (Lipinski definition) is 9. The number of carbonyl (C=O) groups is 2. The van der Waals surface area contributed by atoms with Gasteiger partial charge in [0.1, 0.15) is 24.1 Å². The zero-order valence-corrected chi connectivity index (χ0v) is 23.6. The van der Waals surface area contributed by atoms with E-state index in [1.165, 1.54) is 16.9 Å². The van der Waals surface area contributed by atoms with Crippen molar-refractivity contribution in [3.05, 3.63) is 83.6 Å². The lowest BCUT2D eigenvalue weighted by Gasteiger charge is -2.33. The van der Waals surface area contributed by atoms with Crippen LogP contribution in [0.2, 0.25) is 0 Å². The molecule has 0 aliphatic carbocycles. The van der Waals surface area contributed by atoms with Crippen LogP contribution in [-0.2, 0) is 27.4 Å². The highest BCUT2D eigenvalue weighted by atomic mass is 16.5. The SMILES string of the molecule is Cc1ccc(-c2nnn(CC(=O)N(CCCN3CCOCC3)C(C(=O)NCc3ccccc3)c3ccc(O)cc3)n2)o1. The predicted molar refractivity (Wildman–Crippen MR) is 153 cm³/mol. The third-order valence-electron chi connectivity index (χ3n) is 7.07. The molecule has 0 radical (unpaired) electrons. The lowest BCUT2D eigenvalue weighted by atomic mass is 10.0. The lowest BCUT2D eigenvalue weighted by Crippen LogP contribution is -2.46. The van der Waals surface area contributed by atoms with Crippen molar-refractivity contribution in [2.45, 2.75) is 32.5 Å². The third kappa shape index (κ3) is 7.59. The molecule has 0 spiro atoms. The van der Waals surface area contributed by atoms with E-state index in [0.717, 1.165) is 25.2 Å². The fraction of sp³-hybridized carbons (Fsp3) is 0.367. The summed E-state index contributed by atoms with van der Waals surface area (Å²) in [5, 5.41) is 25.3. The Morgan fingerprint density at radius 2 is 1.81 bits per heavy atom. The Kier molecular flexibility index (Phi) is 9.57. The number of phenols is 1. The summed E-state index contributed by atoms with van der Waals surface area (Å²) >= 11 is 0. The largest absolute Gasteiger partial charge is 0.508 e. The number of aromatic nitrogens is 4. The molecule has 0 bridgehead atoms. The standard InChI is InChI=1S/C30H35N7O5/c1-22-8-13-26(42-22)29-32-34-37(33-29)21-27(39)36(15-5-14-35-16-18-41-19-17-35)28(24-9-11-25(38)12-10-24)30(40)31-20-23-6-3-2-4-7-23/h2-4,6-13,28,38H,5,14-21H2,1H3,(H,31,40). The van der Waals surface area contributed by atoms with Crippen LogP contribution in [0, 0.1) is 6.92 Å². The van der Waals surface area contributed by atoms with Crippen molar-refractivity contribution in [1.29, 1.82) is 0 Å². The quantitative estimate of drug-likeness (QED) is 0.262. The van der Waals surface area contributed by atoms with Gasteiger partial charge in [-0.05, 0) is 54.0 Å². The van der Waals surface area contributed by atoms with Crippen LogP contribution in [0.15, 0.2) is 71.1 Å². The molecule has 0 saturated carbocycles. The van der Waals surface area contributed by atoms with Gasteiger partial charge in [0, 0.05) is 32.7 Å². The summed E-state index contributed by atoms with van der Waals surface area (Å²) in [6.07, 6.45) is 0.647. The van der Waals surface area contributed by atoms with Gasteiger partial charge in [0.15, 0.2) is 5.76 Å². The number of phenolic OH excluding ortho intramolecular Hbond substituents is 1. The van der Waals surface area contributed by atoms with E-state index in [0.29, 0.717) is 49.8 Å². The molecule has 1 fully saturated rings. The topological polar surface area (TPSA) is 139 Å². The molecule has 1 aliphatic heterocycles. The Hall–Kier alpha value is -4.55. The van der Waals surface area contributed by atoms with Gasteiger partial charge < -0.3 is 24.5 Å². The van der Waals surface area contributed by atoms with E-state index < -0.39 is 6.04 Å². The number of rotatable bonds is 12. The number of morpholine rings is 1. The molecule has 5 rings (SSSR count). The normalized spacial score (nSPS) is 14.4. The van der Waals surface area contributed by atoms with Crippen LogP contribution in [0.5, 0.6) is 5.75 Å². The number of carbonyl (C=O) groups excluding carboxylic acids is 2. The van der Waals surface area contributed by atoms with E-state index in [1.54, 1.807) is 29.2 Å². The second-order valence-electron chi connectivity index (χ2n) is 10.1. The highest BCUT2D eigenvalue weighted by Crippen LogP contribution is 2.25. The predicted octanol–water partition coefficient (Wildman–Crippen LogP) is 2.56. The van der Waals surface area contributed by atoms with Crippen LogP contribution in [0.25, 0.3) is 11.6 Å². The van der Waals surface area contributed by atoms with Crippen molar-refractivity contribution in [2.24, 2.45) is 0 Å². The van der Waals surface area contributed by atoms with Crippen LogP contribution in [0.1, 0.15) is 29.3 Å². The van der Waals surface area contributed by atoms with Gasteiger partial charge in [0.25, 0.3) is 0 Å². The number of tetrazole rings is 1. The van der Waals surface area contributed by atoms with Crippen molar-refractivity contribution in [1.82, 2.24) is 35.3 Å². The molecule has 2 amide bonds. The summed E-state index contributed by atoms with van der Waals surface area (Å²) in [5.41, 5.74) is 1.52. The number of nitrogens with one attached hydrogen (secondary N) is 1. The zero-order valence-electron chi connectivity index (χ0n) is 23.6. The first-order valence-electron chi connectivity index (χ1n) is 14.0. The number of ether oxygens (including phenoxy) is 1. The number of aromatic hydroxyl groups is 1. The van der Waals surface area contributed by atoms with Crippen LogP contribution in [0.3, 0.4) is 0 Å². The van der Waals surface area contributed by atoms with E-state index >= 15 is 0 Å². The molecular formula is C30H35N7O5. The first-order chi connectivity index (χ1) is 20.5. The van der Waals surface area contributed by atoms with Crippen LogP contribution >= 0.6 is 0 Å². The Morgan fingerprint density at radius 3 is 2.52 bits per heavy atom. The van der Waals surface area contributed by atoms with Crippen molar-refractivity contribution in [3.8, 4) is 17.3 Å². The summed E-state index contributed by atoms with van der Waals surface area (Å²) in [5.74, 6) is 0.829. The minimum atomic E-state index is -0.942. The highest BCUT2D eigenvalue weighted by Gasteiger charge is 2.32. The smallest absolute Gasteiger partial charge is 0.247 e. The van der Waals surface area contributed by atoms with Gasteiger partial charge in [0.05, 0.1) is 13.2 Å². The van der Waals surface area contributed by atoms with Crippen LogP contribution in [-0.4, -0.2) is 86.3 Å². The van der Waals surface area contributed by atoms with E-state index in [1.807, 2.05) is 37.3 Å². The lowest BCUT2D eigenvalue weighted by molar-refractivity contribution is -0.142. The van der Waals surface area contributed by atoms with E-state index in [2.05, 4.69) is 25.6 Å². The molecule has 3 heterocycles. The molecule has 2 aromatic carbocycles. The number of amides is 2. The fourth-order valence-electron chi connectivity index (χ4n) is 4.87. The van der Waals surface area contributed by atoms with Gasteiger partial charge >= 0.3 is 0 Å². The monoisotopic (exact) mass is 573 g/mol. The summed E-state index contributed by atoms with van der Waals surface area (Å²) in [7, 11) is 0. The number of furan rings is 1. The average molecular weight is 574 g/mol. The van der Waals surface area contributed by atoms with E-state index in [-0.39, 0.29) is 29.9 Å². The highest BCUT2D eigenvalue weighted by molar-refractivity contribution is 5.88. The first-order valence-corrected chi connectivity index (χ1v) is 14.0. The number of benzene rings is 2. The zero-order chi connectivity index (χ0) is 29.3. The number of nitrogens with zero attached hydrogens (tertiary/aromatic N) is 6. The first kappa shape index (κ1) is 29.0. The molecule has 1 atom stereocenters. The Bertz CT molecular complexity index is 1450. The number of aryl methyl sites for hydroxylation is 1. The summed E-state index contributed by atoms with van der Waals surface area (Å²) in [4.78, 5) is 32.8. The molecule has 12 nitrogen and oxygen atoms in total. The van der Waals surface area contributed by atoms with Gasteiger partial charge in [-0.1, -0.05) is 42.5 Å². The van der Waals surface area contributed by atoms with E-state index in [4.69, 9.17) is 9.15 Å². The maximum absolute atomic E-state index is 13.9. The van der Waals surface area contributed by atoms with Crippen LogP contribution < -0.4 is 5.32 Å². The molecule has 1 saturated heterocycles. The summed E-state index contributed by atoms with van der Waals surface area (Å²) < 4.78 is 11.0. The third-order valence-corrected chi connectivity index (χ3v) is 7.07. The summed E-state index contributed by atoms with van der Waals surface area (Å²) in [6, 6.07) is 18.5. The van der Waals surface area contributed by atoms with Gasteiger partial charge in [-0.3, -0.25) is 14.5 Å². The van der Waals surface area contributed by atoms with Gasteiger partial charge in [0.2, 0.25) is 17.6 Å². The molecule has 2 aromatic heterocycles. The molecule has 12 heteroatoms. The minimum Gasteiger partial charge on any atom is -0.508 e. The second-order valence-corrected chi connectivity index (χ2v) is 10.1. The van der Waals surface area contributed by atoms with Gasteiger partial charge in [-0.2, -0.15) is 4.80 Å². The van der Waals surface area contributed by atoms with Gasteiger partial charge in [-0.25, -0.2) is 0 Å². The van der Waals surface area contributed by atoms with Crippen molar-refractivity contribution < 1.29 is 23.8 Å². The molecule has 220 valence electrons. The fourth-order valence-corrected chi connectivity index (χ4v) is 4.87. The molecule has 1 unspecified atom stereocenters. The summed E-state index contributed by atoms with van der Waals surface area (Å²) in [6.45, 7) is 5.98. The molecule has 42 heavy (non-hydrogen) atoms. The molecule has 4 aromatic rings. The van der Waals surface area contributed by atoms with Crippen LogP contribution in [0.4, 0.5) is 0 Å². The van der Waals surface area contributed by atoms with Crippen molar-refractivity contribution >= 4 is 11.8 Å². The number of hydrogen-bond donors (Lipinski definition) is 2. The Balaban J connectivity index is 1.38. The molecule has 1 aliphatic rings. The van der Waals surface area contributed by atoms with Crippen molar-refractivity contribution in [3.63, 3.8) is 0 Å². The molecular weight excluding hydrogens is 538 g/mol.